The Morgan fingerprint density at radius 3 is 1.24 bits per heavy atom. The number of hydrogen-bond acceptors (Lipinski definition) is 9. The Morgan fingerprint density at radius 1 is 0.492 bits per heavy atom. The van der Waals surface area contributed by atoms with Gasteiger partial charge in [0.1, 0.15) is 12.6 Å². The highest BCUT2D eigenvalue weighted by atomic mass is 31.2. The van der Waals surface area contributed by atoms with E-state index in [1.54, 1.807) is 0 Å². The molecule has 3 unspecified atom stereocenters. The number of nitrogens with two attached hydrogens (primary N) is 1. The number of phosphoric ester groups is 1. The number of ether oxygens (including phenoxy) is 2. The van der Waals surface area contributed by atoms with Crippen LogP contribution in [0.1, 0.15) is 251 Å². The molecular weight excluding hydrogens is 818 g/mol. The zero-order chi connectivity index (χ0) is 46.3. The van der Waals surface area contributed by atoms with Crippen LogP contribution in [0.15, 0.2) is 24.3 Å². The molecule has 0 aliphatic heterocycles. The van der Waals surface area contributed by atoms with E-state index in [2.05, 4.69) is 42.7 Å². The van der Waals surface area contributed by atoms with Gasteiger partial charge in [0, 0.05) is 12.8 Å². The normalized spacial score (nSPS) is 13.7. The molecule has 0 aliphatic rings. The number of esters is 2. The molecule has 0 rings (SSSR count). The molecular formula is C51H96NO10P. The number of rotatable bonds is 49. The number of carboxylic acid groups (broad SMARTS) is 1. The fourth-order valence-corrected chi connectivity index (χ4v) is 8.17. The van der Waals surface area contributed by atoms with Crippen molar-refractivity contribution in [2.75, 3.05) is 19.8 Å². The Labute approximate surface area is 385 Å². The van der Waals surface area contributed by atoms with Gasteiger partial charge in [0.15, 0.2) is 6.10 Å². The van der Waals surface area contributed by atoms with Crippen molar-refractivity contribution in [3.63, 3.8) is 0 Å². The molecule has 12 heteroatoms. The van der Waals surface area contributed by atoms with Gasteiger partial charge in [-0.2, -0.15) is 0 Å². The lowest BCUT2D eigenvalue weighted by atomic mass is 10.0. The fourth-order valence-electron chi connectivity index (χ4n) is 7.39. The van der Waals surface area contributed by atoms with Crippen LogP contribution in [0.2, 0.25) is 0 Å². The van der Waals surface area contributed by atoms with E-state index in [1.807, 2.05) is 0 Å². The van der Waals surface area contributed by atoms with Gasteiger partial charge in [-0.3, -0.25) is 23.4 Å². The largest absolute Gasteiger partial charge is 0.480 e. The second-order valence-corrected chi connectivity index (χ2v) is 19.1. The lowest BCUT2D eigenvalue weighted by molar-refractivity contribution is -0.161. The van der Waals surface area contributed by atoms with Crippen LogP contribution in [0.3, 0.4) is 0 Å². The Hall–Kier alpha value is -2.04. The summed E-state index contributed by atoms with van der Waals surface area (Å²) in [6.45, 7) is 2.84. The second-order valence-electron chi connectivity index (χ2n) is 17.7. The van der Waals surface area contributed by atoms with E-state index in [-0.39, 0.29) is 19.4 Å². The zero-order valence-corrected chi connectivity index (χ0v) is 41.3. The number of phosphoric acid groups is 1. The smallest absolute Gasteiger partial charge is 0.472 e. The molecule has 0 heterocycles. The van der Waals surface area contributed by atoms with Crippen molar-refractivity contribution < 1.29 is 47.5 Å². The van der Waals surface area contributed by atoms with Gasteiger partial charge < -0.3 is 25.2 Å². The van der Waals surface area contributed by atoms with Crippen molar-refractivity contribution in [2.45, 2.75) is 264 Å². The molecule has 0 aromatic rings. The van der Waals surface area contributed by atoms with Gasteiger partial charge in [0.05, 0.1) is 13.2 Å². The van der Waals surface area contributed by atoms with Crippen LogP contribution in [0.4, 0.5) is 0 Å². The monoisotopic (exact) mass is 914 g/mol. The molecule has 0 aliphatic carbocycles. The first kappa shape index (κ1) is 61.0. The number of carbonyl (C=O) groups is 3. The van der Waals surface area contributed by atoms with Gasteiger partial charge in [-0.1, -0.05) is 218 Å². The second kappa shape index (κ2) is 46.5. The average Bonchev–Trinajstić information content (AvgIpc) is 3.26. The standard InChI is InChI=1S/C51H96NO10P/c1-3-5-7-9-11-13-15-17-19-21-22-23-24-25-26-27-29-31-33-35-37-39-41-43-50(54)62-47(45-60-63(57,58)61-46-48(52)51(55)56)44-59-49(53)42-40-38-36-34-32-30-28-20-18-16-14-12-10-8-6-4-2/h15,17,21-22,47-48H,3-14,16,18-20,23-46,52H2,1-2H3,(H,55,56)(H,57,58)/b17-15-,22-21-. The third-order valence-corrected chi connectivity index (χ3v) is 12.4. The summed E-state index contributed by atoms with van der Waals surface area (Å²) in [5.41, 5.74) is 5.35. The predicted octanol–water partition coefficient (Wildman–Crippen LogP) is 14.6. The van der Waals surface area contributed by atoms with E-state index in [4.69, 9.17) is 24.8 Å². The van der Waals surface area contributed by atoms with Crippen LogP contribution in [0, 0.1) is 0 Å². The minimum Gasteiger partial charge on any atom is -0.480 e. The van der Waals surface area contributed by atoms with Crippen LogP contribution in [-0.2, 0) is 37.5 Å². The maximum absolute atomic E-state index is 12.7. The fraction of sp³-hybridized carbons (Fsp3) is 0.863. The maximum Gasteiger partial charge on any atom is 0.472 e. The summed E-state index contributed by atoms with van der Waals surface area (Å²) in [7, 11) is -4.72. The van der Waals surface area contributed by atoms with Crippen LogP contribution in [0.25, 0.3) is 0 Å². The molecule has 370 valence electrons. The molecule has 63 heavy (non-hydrogen) atoms. The summed E-state index contributed by atoms with van der Waals surface area (Å²) in [5.74, 6) is -2.36. The van der Waals surface area contributed by atoms with Crippen molar-refractivity contribution in [2.24, 2.45) is 5.73 Å². The highest BCUT2D eigenvalue weighted by Gasteiger charge is 2.28. The molecule has 0 radical (unpaired) electrons. The van der Waals surface area contributed by atoms with Gasteiger partial charge in [0.25, 0.3) is 0 Å². The maximum atomic E-state index is 12.7. The number of unbranched alkanes of at least 4 members (excludes halogenated alkanes) is 31. The quantitative estimate of drug-likeness (QED) is 0.0230. The summed E-state index contributed by atoms with van der Waals surface area (Å²) in [6.07, 6.45) is 50.9. The topological polar surface area (TPSA) is 172 Å². The van der Waals surface area contributed by atoms with Crippen molar-refractivity contribution >= 4 is 25.7 Å². The minimum absolute atomic E-state index is 0.162. The SMILES string of the molecule is CCCCCCC/C=C\C/C=C\CCCCCCCCCCCCCC(=O)OC(COC(=O)CCCCCCCCCCCCCCCCCC)COP(=O)(O)OCC(N)C(=O)O. The molecule has 3 atom stereocenters. The van der Waals surface area contributed by atoms with Crippen molar-refractivity contribution in [1.29, 1.82) is 0 Å². The zero-order valence-electron chi connectivity index (χ0n) is 40.4. The first-order valence-corrected chi connectivity index (χ1v) is 27.4. The Bertz CT molecular complexity index is 1160. The molecule has 0 aromatic carbocycles. The average molecular weight is 914 g/mol. The van der Waals surface area contributed by atoms with Crippen molar-refractivity contribution in [3.8, 4) is 0 Å². The predicted molar refractivity (Wildman–Crippen MR) is 259 cm³/mol. The lowest BCUT2D eigenvalue weighted by Crippen LogP contribution is -2.34. The summed E-state index contributed by atoms with van der Waals surface area (Å²) in [5, 5.41) is 8.92. The molecule has 0 aromatic heterocycles. The molecule has 11 nitrogen and oxygen atoms in total. The van der Waals surface area contributed by atoms with Gasteiger partial charge >= 0.3 is 25.7 Å². The van der Waals surface area contributed by atoms with Crippen molar-refractivity contribution in [3.05, 3.63) is 24.3 Å². The summed E-state index contributed by atoms with van der Waals surface area (Å²) < 4.78 is 32.9. The number of aliphatic carboxylic acids is 1. The third kappa shape index (κ3) is 46.3. The van der Waals surface area contributed by atoms with Gasteiger partial charge in [0.2, 0.25) is 0 Å². The highest BCUT2D eigenvalue weighted by molar-refractivity contribution is 7.47. The minimum atomic E-state index is -4.72. The lowest BCUT2D eigenvalue weighted by Gasteiger charge is -2.20. The first-order chi connectivity index (χ1) is 30.6. The summed E-state index contributed by atoms with van der Waals surface area (Å²) in [4.78, 5) is 46.2. The first-order valence-electron chi connectivity index (χ1n) is 25.9. The Balaban J connectivity index is 4.21. The molecule has 0 spiro atoms. The van der Waals surface area contributed by atoms with Crippen LogP contribution < -0.4 is 5.73 Å². The van der Waals surface area contributed by atoms with Gasteiger partial charge in [-0.25, -0.2) is 4.57 Å². The van der Waals surface area contributed by atoms with Crippen molar-refractivity contribution in [1.82, 2.24) is 0 Å². The van der Waals surface area contributed by atoms with Crippen LogP contribution in [0.5, 0.6) is 0 Å². The van der Waals surface area contributed by atoms with E-state index in [0.29, 0.717) is 12.8 Å². The van der Waals surface area contributed by atoms with E-state index >= 15 is 0 Å². The van der Waals surface area contributed by atoms with E-state index in [9.17, 15) is 23.8 Å². The number of carboxylic acids is 1. The summed E-state index contributed by atoms with van der Waals surface area (Å²) >= 11 is 0. The van der Waals surface area contributed by atoms with Gasteiger partial charge in [-0.05, 0) is 44.9 Å². The third-order valence-electron chi connectivity index (χ3n) is 11.5. The van der Waals surface area contributed by atoms with E-state index in [1.165, 1.54) is 167 Å². The van der Waals surface area contributed by atoms with E-state index in [0.717, 1.165) is 44.9 Å². The van der Waals surface area contributed by atoms with Crippen LogP contribution in [-0.4, -0.2) is 59.9 Å². The number of carbonyl (C=O) groups excluding carboxylic acids is 2. The highest BCUT2D eigenvalue weighted by Crippen LogP contribution is 2.43. The molecule has 4 N–H and O–H groups in total. The molecule has 0 bridgehead atoms. The number of allylic oxidation sites excluding steroid dienone is 4. The molecule has 0 fully saturated rings. The van der Waals surface area contributed by atoms with Gasteiger partial charge in [-0.15, -0.1) is 0 Å². The molecule has 0 saturated heterocycles. The molecule has 0 amide bonds. The number of hydrogen-bond donors (Lipinski definition) is 3. The Morgan fingerprint density at radius 2 is 0.841 bits per heavy atom. The van der Waals surface area contributed by atoms with E-state index < -0.39 is 51.1 Å². The summed E-state index contributed by atoms with van der Waals surface area (Å²) in [6, 6.07) is -1.52. The van der Waals surface area contributed by atoms with Crippen LogP contribution >= 0.6 is 7.82 Å². The molecule has 0 saturated carbocycles. The Kier molecular flexibility index (Phi) is 45.0.